The number of carbonyl (C=O) groups excluding carboxylic acids is 1. The molecule has 0 saturated carbocycles. The predicted octanol–water partition coefficient (Wildman–Crippen LogP) is 0.615. The Kier molecular flexibility index (Phi) is 3.49. The van der Waals surface area contributed by atoms with Crippen LogP contribution >= 0.6 is 0 Å². The summed E-state index contributed by atoms with van der Waals surface area (Å²) >= 11 is 0. The molecule has 0 fully saturated rings. The van der Waals surface area contributed by atoms with Crippen molar-refractivity contribution in [1.82, 2.24) is 9.55 Å². The predicted molar refractivity (Wildman–Crippen MR) is 79.6 cm³/mol. The van der Waals surface area contributed by atoms with E-state index in [-0.39, 0.29) is 11.4 Å². The molecule has 0 aliphatic heterocycles. The van der Waals surface area contributed by atoms with Gasteiger partial charge in [0.05, 0.1) is 18.1 Å². The van der Waals surface area contributed by atoms with Crippen LogP contribution in [0.4, 0.5) is 0 Å². The number of H-pyrrole nitrogens is 1. The number of aromatic nitrogens is 3. The van der Waals surface area contributed by atoms with Gasteiger partial charge in [-0.05, 0) is 24.3 Å². The number of aromatic amines is 1. The quantitative estimate of drug-likeness (QED) is 0.568. The summed E-state index contributed by atoms with van der Waals surface area (Å²) in [6.45, 7) is 0. The van der Waals surface area contributed by atoms with Gasteiger partial charge in [-0.1, -0.05) is 24.3 Å². The molecule has 0 radical (unpaired) electrons. The number of rotatable bonds is 3. The highest BCUT2D eigenvalue weighted by Crippen LogP contribution is 2.02. The second-order valence-corrected chi connectivity index (χ2v) is 4.57. The van der Waals surface area contributed by atoms with Crippen molar-refractivity contribution in [3.05, 3.63) is 87.3 Å². The lowest BCUT2D eigenvalue weighted by atomic mass is 10.2. The molecule has 6 nitrogen and oxygen atoms in total. The van der Waals surface area contributed by atoms with Gasteiger partial charge < -0.3 is 0 Å². The number of pyridine rings is 1. The topological polar surface area (TPSA) is 75.8 Å². The summed E-state index contributed by atoms with van der Waals surface area (Å²) in [6, 6.07) is 13.7. The third kappa shape index (κ3) is 2.26. The molecule has 0 unspecified atom stereocenters. The Morgan fingerprint density at radius 3 is 2.23 bits per heavy atom. The first-order valence-electron chi connectivity index (χ1n) is 6.59. The molecule has 0 amide bonds. The van der Waals surface area contributed by atoms with Crippen molar-refractivity contribution in [2.24, 2.45) is 0 Å². The largest absolute Gasteiger partial charge is 0.420 e. The Morgan fingerprint density at radius 1 is 0.955 bits per heavy atom. The third-order valence-electron chi connectivity index (χ3n) is 3.22. The number of aldehydes is 1. The van der Waals surface area contributed by atoms with Crippen molar-refractivity contribution in [3.63, 3.8) is 0 Å². The Balaban J connectivity index is 2.33. The summed E-state index contributed by atoms with van der Waals surface area (Å²) in [5, 5.41) is 0. The average molecular weight is 294 g/mol. The number of hydrogen-bond donors (Lipinski definition) is 1. The Morgan fingerprint density at radius 2 is 1.59 bits per heavy atom. The molecule has 108 valence electrons. The van der Waals surface area contributed by atoms with Gasteiger partial charge in [0, 0.05) is 0 Å². The van der Waals surface area contributed by atoms with Crippen LogP contribution in [0.2, 0.25) is 0 Å². The minimum atomic E-state index is -0.656. The molecule has 2 heterocycles. The minimum Gasteiger partial charge on any atom is -0.297 e. The van der Waals surface area contributed by atoms with Gasteiger partial charge in [0.25, 0.3) is 5.56 Å². The Hall–Kier alpha value is -3.28. The van der Waals surface area contributed by atoms with E-state index in [1.54, 1.807) is 60.9 Å². The number of hydrogen-bond acceptors (Lipinski definition) is 3. The zero-order valence-electron chi connectivity index (χ0n) is 11.5. The van der Waals surface area contributed by atoms with Crippen molar-refractivity contribution in [1.29, 1.82) is 0 Å². The summed E-state index contributed by atoms with van der Waals surface area (Å²) < 4.78 is 2.46. The molecule has 3 aromatic rings. The van der Waals surface area contributed by atoms with Gasteiger partial charge in [-0.3, -0.25) is 9.59 Å². The molecule has 2 aromatic heterocycles. The standard InChI is InChI=1S/C16H11N3O3/c20-11-13-14(18-9-5-2-6-10-18)17-16(22)19(15(13)21)12-7-3-1-4-8-12/h1-11H/p+1. The molecule has 1 N–H and O–H groups in total. The summed E-state index contributed by atoms with van der Waals surface area (Å²) in [6.07, 6.45) is 3.74. The fourth-order valence-corrected chi connectivity index (χ4v) is 2.21. The molecule has 0 bridgehead atoms. The highest BCUT2D eigenvalue weighted by atomic mass is 16.2. The summed E-state index contributed by atoms with van der Waals surface area (Å²) in [7, 11) is 0. The van der Waals surface area contributed by atoms with Crippen LogP contribution in [-0.2, 0) is 0 Å². The number of carbonyl (C=O) groups is 1. The molecule has 0 spiro atoms. The molecule has 6 heteroatoms. The fraction of sp³-hybridized carbons (Fsp3) is 0. The monoisotopic (exact) mass is 294 g/mol. The SMILES string of the molecule is O=Cc1c(-[n+]2ccccc2)[nH]c(=O)n(-c2ccccc2)c1=O. The van der Waals surface area contributed by atoms with Gasteiger partial charge in [-0.2, -0.15) is 4.98 Å². The van der Waals surface area contributed by atoms with Crippen LogP contribution in [-0.4, -0.2) is 15.8 Å². The van der Waals surface area contributed by atoms with Gasteiger partial charge >= 0.3 is 11.5 Å². The van der Waals surface area contributed by atoms with Gasteiger partial charge in [0.1, 0.15) is 0 Å². The minimum absolute atomic E-state index is 0.111. The molecule has 1 aromatic carbocycles. The zero-order chi connectivity index (χ0) is 15.5. The number of nitrogens with one attached hydrogen (secondary N) is 1. The smallest absolute Gasteiger partial charge is 0.297 e. The van der Waals surface area contributed by atoms with Crippen LogP contribution in [0.5, 0.6) is 0 Å². The zero-order valence-corrected chi connectivity index (χ0v) is 11.5. The lowest BCUT2D eigenvalue weighted by Crippen LogP contribution is -2.43. The number of para-hydroxylation sites is 1. The Labute approximate surface area is 124 Å². The normalized spacial score (nSPS) is 10.4. The third-order valence-corrected chi connectivity index (χ3v) is 3.22. The van der Waals surface area contributed by atoms with Crippen molar-refractivity contribution in [2.45, 2.75) is 0 Å². The van der Waals surface area contributed by atoms with Crippen LogP contribution in [0.25, 0.3) is 11.5 Å². The van der Waals surface area contributed by atoms with Crippen LogP contribution in [0.15, 0.2) is 70.5 Å². The van der Waals surface area contributed by atoms with E-state index in [9.17, 15) is 14.4 Å². The maximum atomic E-state index is 12.5. The van der Waals surface area contributed by atoms with Gasteiger partial charge in [0.2, 0.25) is 0 Å². The lowest BCUT2D eigenvalue weighted by Gasteiger charge is -2.05. The highest BCUT2D eigenvalue weighted by Gasteiger charge is 2.21. The molecule has 0 atom stereocenters. The van der Waals surface area contributed by atoms with E-state index in [1.807, 2.05) is 0 Å². The van der Waals surface area contributed by atoms with E-state index in [0.717, 1.165) is 4.57 Å². The Bertz CT molecular complexity index is 928. The van der Waals surface area contributed by atoms with Crippen LogP contribution in [0.1, 0.15) is 10.4 Å². The van der Waals surface area contributed by atoms with Crippen LogP contribution in [0, 0.1) is 0 Å². The summed E-state index contributed by atoms with van der Waals surface area (Å²) in [5.41, 5.74) is -0.967. The van der Waals surface area contributed by atoms with Gasteiger partial charge in [-0.25, -0.2) is 13.9 Å². The van der Waals surface area contributed by atoms with E-state index in [4.69, 9.17) is 0 Å². The second-order valence-electron chi connectivity index (χ2n) is 4.57. The van der Waals surface area contributed by atoms with Crippen LogP contribution in [0.3, 0.4) is 0 Å². The molecule has 0 aliphatic rings. The van der Waals surface area contributed by atoms with Gasteiger partial charge in [0.15, 0.2) is 11.8 Å². The molecular weight excluding hydrogens is 282 g/mol. The van der Waals surface area contributed by atoms with E-state index in [2.05, 4.69) is 4.98 Å². The highest BCUT2D eigenvalue weighted by molar-refractivity contribution is 5.77. The van der Waals surface area contributed by atoms with Gasteiger partial charge in [-0.15, -0.1) is 0 Å². The molecular formula is C16H12N3O3+. The second kappa shape index (κ2) is 5.61. The maximum Gasteiger partial charge on any atom is 0.420 e. The van der Waals surface area contributed by atoms with E-state index >= 15 is 0 Å². The molecule has 0 aliphatic carbocycles. The number of nitrogens with zero attached hydrogens (tertiary/aromatic N) is 2. The molecule has 0 saturated heterocycles. The van der Waals surface area contributed by atoms with Crippen LogP contribution < -0.4 is 15.8 Å². The number of benzene rings is 1. The first-order chi connectivity index (χ1) is 10.7. The van der Waals surface area contributed by atoms with Crippen molar-refractivity contribution in [3.8, 4) is 11.5 Å². The molecule has 22 heavy (non-hydrogen) atoms. The van der Waals surface area contributed by atoms with Crippen molar-refractivity contribution < 1.29 is 9.36 Å². The fourth-order valence-electron chi connectivity index (χ4n) is 2.21. The lowest BCUT2D eigenvalue weighted by molar-refractivity contribution is -0.600. The van der Waals surface area contributed by atoms with E-state index in [0.29, 0.717) is 12.0 Å². The first kappa shape index (κ1) is 13.7. The maximum absolute atomic E-state index is 12.5. The van der Waals surface area contributed by atoms with E-state index in [1.165, 1.54) is 4.57 Å². The first-order valence-corrected chi connectivity index (χ1v) is 6.59. The summed E-state index contributed by atoms with van der Waals surface area (Å²) in [5.74, 6) is 0.151. The average Bonchev–Trinajstić information content (AvgIpc) is 2.56. The summed E-state index contributed by atoms with van der Waals surface area (Å²) in [4.78, 5) is 38.8. The van der Waals surface area contributed by atoms with Crippen molar-refractivity contribution >= 4 is 6.29 Å². The van der Waals surface area contributed by atoms with E-state index < -0.39 is 11.2 Å². The molecule has 3 rings (SSSR count). The van der Waals surface area contributed by atoms with Crippen molar-refractivity contribution in [2.75, 3.05) is 0 Å².